The zero-order valence-corrected chi connectivity index (χ0v) is 11.6. The van der Waals surface area contributed by atoms with Crippen LogP contribution in [0, 0.1) is 0 Å². The first-order valence-corrected chi connectivity index (χ1v) is 6.87. The number of rotatable bonds is 4. The van der Waals surface area contributed by atoms with Gasteiger partial charge in [0.1, 0.15) is 5.75 Å². The number of hydrogen-bond donors (Lipinski definition) is 1. The van der Waals surface area contributed by atoms with Crippen LogP contribution in [0.2, 0.25) is 0 Å². The maximum Gasteiger partial charge on any atom is 0.504 e. The molecule has 0 saturated heterocycles. The summed E-state index contributed by atoms with van der Waals surface area (Å²) in [7, 11) is -0.329. The molecule has 2 nitrogen and oxygen atoms in total. The molecule has 0 bridgehead atoms. The molecule has 0 fully saturated rings. The van der Waals surface area contributed by atoms with E-state index in [2.05, 4.69) is 24.3 Å². The first kappa shape index (κ1) is 13.5. The van der Waals surface area contributed by atoms with Crippen LogP contribution in [0.15, 0.2) is 78.9 Å². The van der Waals surface area contributed by atoms with Crippen LogP contribution in [0.5, 0.6) is 5.75 Å². The van der Waals surface area contributed by atoms with E-state index in [0.29, 0.717) is 5.75 Å². The minimum Gasteiger partial charge on any atom is -0.538 e. The normalized spacial score (nSPS) is 10.1. The second-order valence-electron chi connectivity index (χ2n) is 4.68. The molecule has 102 valence electrons. The lowest BCUT2D eigenvalue weighted by Gasteiger charge is -2.14. The SMILES string of the molecule is OBOc1ccccc1-c1ccccc1-c1ccccc1. The zero-order chi connectivity index (χ0) is 14.5. The van der Waals surface area contributed by atoms with E-state index in [1.807, 2.05) is 54.6 Å². The Bertz CT molecular complexity index is 726. The van der Waals surface area contributed by atoms with Crippen molar-refractivity contribution in [2.45, 2.75) is 0 Å². The molecule has 3 heteroatoms. The molecular formula is C18H15BO2. The summed E-state index contributed by atoms with van der Waals surface area (Å²) in [5.74, 6) is 0.684. The Kier molecular flexibility index (Phi) is 4.03. The van der Waals surface area contributed by atoms with Gasteiger partial charge in [-0.2, -0.15) is 0 Å². The highest BCUT2D eigenvalue weighted by Gasteiger charge is 2.10. The third-order valence-electron chi connectivity index (χ3n) is 3.41. The van der Waals surface area contributed by atoms with Gasteiger partial charge in [-0.3, -0.25) is 0 Å². The third kappa shape index (κ3) is 2.83. The molecule has 0 heterocycles. The molecule has 0 unspecified atom stereocenters. The largest absolute Gasteiger partial charge is 0.538 e. The smallest absolute Gasteiger partial charge is 0.504 e. The van der Waals surface area contributed by atoms with Gasteiger partial charge in [0, 0.05) is 5.56 Å². The topological polar surface area (TPSA) is 29.5 Å². The number of benzene rings is 3. The summed E-state index contributed by atoms with van der Waals surface area (Å²) in [5, 5.41) is 9.06. The van der Waals surface area contributed by atoms with Crippen molar-refractivity contribution < 1.29 is 9.68 Å². The van der Waals surface area contributed by atoms with Crippen LogP contribution < -0.4 is 4.65 Å². The molecule has 0 aliphatic heterocycles. The summed E-state index contributed by atoms with van der Waals surface area (Å²) < 4.78 is 5.34. The molecule has 3 aromatic carbocycles. The predicted octanol–water partition coefficient (Wildman–Crippen LogP) is 3.66. The van der Waals surface area contributed by atoms with E-state index in [4.69, 9.17) is 9.68 Å². The monoisotopic (exact) mass is 274 g/mol. The quantitative estimate of drug-likeness (QED) is 0.736. The summed E-state index contributed by atoms with van der Waals surface area (Å²) in [6, 6.07) is 26.2. The van der Waals surface area contributed by atoms with E-state index in [9.17, 15) is 0 Å². The molecule has 21 heavy (non-hydrogen) atoms. The van der Waals surface area contributed by atoms with Gasteiger partial charge in [0.15, 0.2) is 0 Å². The second kappa shape index (κ2) is 6.29. The molecule has 0 saturated carbocycles. The predicted molar refractivity (Wildman–Crippen MR) is 87.3 cm³/mol. The molecule has 0 spiro atoms. The molecule has 3 aromatic rings. The molecule has 0 aliphatic carbocycles. The van der Waals surface area contributed by atoms with Crippen molar-refractivity contribution in [3.63, 3.8) is 0 Å². The molecule has 3 rings (SSSR count). The average Bonchev–Trinajstić information content (AvgIpc) is 2.57. The summed E-state index contributed by atoms with van der Waals surface area (Å²) in [6.07, 6.45) is 0. The average molecular weight is 274 g/mol. The van der Waals surface area contributed by atoms with Crippen LogP contribution in [0.3, 0.4) is 0 Å². The third-order valence-corrected chi connectivity index (χ3v) is 3.41. The maximum absolute atomic E-state index is 9.06. The van der Waals surface area contributed by atoms with Crippen LogP contribution in [0.25, 0.3) is 22.3 Å². The number of hydrogen-bond acceptors (Lipinski definition) is 2. The van der Waals surface area contributed by atoms with E-state index in [1.165, 1.54) is 0 Å². The second-order valence-corrected chi connectivity index (χ2v) is 4.68. The van der Waals surface area contributed by atoms with Gasteiger partial charge in [-0.15, -0.1) is 0 Å². The van der Waals surface area contributed by atoms with Crippen LogP contribution in [-0.2, 0) is 0 Å². The lowest BCUT2D eigenvalue weighted by Crippen LogP contribution is -2.01. The van der Waals surface area contributed by atoms with Gasteiger partial charge in [0.2, 0.25) is 0 Å². The van der Waals surface area contributed by atoms with Gasteiger partial charge >= 0.3 is 7.69 Å². The Hall–Kier alpha value is -2.52. The summed E-state index contributed by atoms with van der Waals surface area (Å²) in [5.41, 5.74) is 4.37. The molecular weight excluding hydrogens is 259 g/mol. The lowest BCUT2D eigenvalue weighted by atomic mass is 9.94. The summed E-state index contributed by atoms with van der Waals surface area (Å²) in [4.78, 5) is 0. The summed E-state index contributed by atoms with van der Waals surface area (Å²) >= 11 is 0. The molecule has 0 amide bonds. The molecule has 0 atom stereocenters. The van der Waals surface area contributed by atoms with Crippen molar-refractivity contribution in [1.82, 2.24) is 0 Å². The first-order valence-electron chi connectivity index (χ1n) is 6.87. The Labute approximate surface area is 125 Å². The standard InChI is InChI=1S/C18H15BO2/c20-19-21-18-13-7-6-12-17(18)16-11-5-4-10-15(16)14-8-2-1-3-9-14/h1-13,19-20H. The van der Waals surface area contributed by atoms with Crippen LogP contribution in [0.1, 0.15) is 0 Å². The Morgan fingerprint density at radius 2 is 1.19 bits per heavy atom. The van der Waals surface area contributed by atoms with Crippen LogP contribution >= 0.6 is 0 Å². The van der Waals surface area contributed by atoms with Gasteiger partial charge in [0.25, 0.3) is 0 Å². The zero-order valence-electron chi connectivity index (χ0n) is 11.6. The first-order chi connectivity index (χ1) is 10.4. The van der Waals surface area contributed by atoms with E-state index < -0.39 is 0 Å². The highest BCUT2D eigenvalue weighted by atomic mass is 16.5. The molecule has 0 aliphatic rings. The Morgan fingerprint density at radius 1 is 0.619 bits per heavy atom. The van der Waals surface area contributed by atoms with Gasteiger partial charge < -0.3 is 9.68 Å². The van der Waals surface area contributed by atoms with Crippen molar-refractivity contribution in [2.24, 2.45) is 0 Å². The van der Waals surface area contributed by atoms with Crippen molar-refractivity contribution >= 4 is 7.69 Å². The van der Waals surface area contributed by atoms with Crippen LogP contribution in [-0.4, -0.2) is 12.7 Å². The fraction of sp³-hybridized carbons (Fsp3) is 0. The fourth-order valence-corrected chi connectivity index (χ4v) is 2.47. The van der Waals surface area contributed by atoms with Gasteiger partial charge in [-0.05, 0) is 22.8 Å². The van der Waals surface area contributed by atoms with Crippen molar-refractivity contribution in [3.05, 3.63) is 78.9 Å². The summed E-state index contributed by atoms with van der Waals surface area (Å²) in [6.45, 7) is 0. The van der Waals surface area contributed by atoms with E-state index in [1.54, 1.807) is 0 Å². The lowest BCUT2D eigenvalue weighted by molar-refractivity contribution is 0.455. The van der Waals surface area contributed by atoms with E-state index in [0.717, 1.165) is 22.3 Å². The Balaban J connectivity index is 2.16. The van der Waals surface area contributed by atoms with Crippen LogP contribution in [0.4, 0.5) is 0 Å². The fourth-order valence-electron chi connectivity index (χ4n) is 2.47. The molecule has 1 N–H and O–H groups in total. The van der Waals surface area contributed by atoms with E-state index >= 15 is 0 Å². The highest BCUT2D eigenvalue weighted by molar-refractivity contribution is 6.17. The minimum absolute atomic E-state index is 0.329. The van der Waals surface area contributed by atoms with Gasteiger partial charge in [-0.1, -0.05) is 72.8 Å². The molecule has 0 aromatic heterocycles. The van der Waals surface area contributed by atoms with Gasteiger partial charge in [0.05, 0.1) is 0 Å². The minimum atomic E-state index is -0.329. The van der Waals surface area contributed by atoms with Crippen molar-refractivity contribution in [2.75, 3.05) is 0 Å². The Morgan fingerprint density at radius 3 is 1.90 bits per heavy atom. The van der Waals surface area contributed by atoms with Crippen molar-refractivity contribution in [1.29, 1.82) is 0 Å². The van der Waals surface area contributed by atoms with Crippen molar-refractivity contribution in [3.8, 4) is 28.0 Å². The maximum atomic E-state index is 9.06. The van der Waals surface area contributed by atoms with Gasteiger partial charge in [-0.25, -0.2) is 0 Å². The highest BCUT2D eigenvalue weighted by Crippen LogP contribution is 2.36. The van der Waals surface area contributed by atoms with E-state index in [-0.39, 0.29) is 7.69 Å². The number of para-hydroxylation sites is 1. The molecule has 0 radical (unpaired) electrons.